The molecular formula is C7H13N. The van der Waals surface area contributed by atoms with Gasteiger partial charge in [-0.05, 0) is 25.5 Å². The average Bonchev–Trinajstić information content (AvgIpc) is 1.90. The third-order valence-electron chi connectivity index (χ3n) is 1.58. The van der Waals surface area contributed by atoms with Gasteiger partial charge in [0.05, 0.1) is 0 Å². The van der Waals surface area contributed by atoms with Crippen LogP contribution in [-0.4, -0.2) is 6.54 Å². The summed E-state index contributed by atoms with van der Waals surface area (Å²) in [5, 5.41) is 3.22. The van der Waals surface area contributed by atoms with Crippen molar-refractivity contribution in [3.05, 3.63) is 11.8 Å². The van der Waals surface area contributed by atoms with E-state index in [0.29, 0.717) is 0 Å². The molecule has 0 aliphatic carbocycles. The molecule has 46 valence electrons. The Morgan fingerprint density at radius 1 is 1.75 bits per heavy atom. The van der Waals surface area contributed by atoms with E-state index in [4.69, 9.17) is 0 Å². The molecule has 1 aliphatic heterocycles. The highest BCUT2D eigenvalue weighted by Gasteiger charge is 1.97. The number of rotatable bonds is 1. The average molecular weight is 111 g/mol. The fraction of sp³-hybridized carbons (Fsp3) is 0.714. The zero-order chi connectivity index (χ0) is 5.82. The van der Waals surface area contributed by atoms with Gasteiger partial charge in [-0.1, -0.05) is 12.5 Å². The Morgan fingerprint density at radius 3 is 3.00 bits per heavy atom. The van der Waals surface area contributed by atoms with Crippen molar-refractivity contribution in [1.82, 2.24) is 5.32 Å². The Hall–Kier alpha value is -0.460. The van der Waals surface area contributed by atoms with E-state index in [1.54, 1.807) is 5.57 Å². The summed E-state index contributed by atoms with van der Waals surface area (Å²) >= 11 is 0. The van der Waals surface area contributed by atoms with Gasteiger partial charge >= 0.3 is 0 Å². The van der Waals surface area contributed by atoms with Gasteiger partial charge in [0.2, 0.25) is 0 Å². The number of hydrogen-bond acceptors (Lipinski definition) is 1. The first-order valence-corrected chi connectivity index (χ1v) is 3.35. The number of hydrogen-bond donors (Lipinski definition) is 1. The lowest BCUT2D eigenvalue weighted by atomic mass is 10.1. The van der Waals surface area contributed by atoms with E-state index in [2.05, 4.69) is 18.4 Å². The summed E-state index contributed by atoms with van der Waals surface area (Å²) in [4.78, 5) is 0. The number of nitrogens with one attached hydrogen (secondary N) is 1. The van der Waals surface area contributed by atoms with Crippen molar-refractivity contribution >= 4 is 0 Å². The summed E-state index contributed by atoms with van der Waals surface area (Å²) in [6, 6.07) is 0. The Bertz CT molecular complexity index is 94.6. The highest BCUT2D eigenvalue weighted by atomic mass is 14.8. The highest BCUT2D eigenvalue weighted by Crippen LogP contribution is 2.10. The van der Waals surface area contributed by atoms with Crippen LogP contribution in [-0.2, 0) is 0 Å². The smallest absolute Gasteiger partial charge is 0.0144 e. The van der Waals surface area contributed by atoms with Crippen molar-refractivity contribution in [3.63, 3.8) is 0 Å². The molecule has 0 spiro atoms. The van der Waals surface area contributed by atoms with Gasteiger partial charge in [-0.25, -0.2) is 0 Å². The number of allylic oxidation sites excluding steroid dienone is 1. The molecule has 0 aromatic rings. The second-order valence-corrected chi connectivity index (χ2v) is 2.21. The summed E-state index contributed by atoms with van der Waals surface area (Å²) in [5.74, 6) is 0. The molecule has 0 saturated heterocycles. The summed E-state index contributed by atoms with van der Waals surface area (Å²) < 4.78 is 0. The van der Waals surface area contributed by atoms with E-state index < -0.39 is 0 Å². The zero-order valence-corrected chi connectivity index (χ0v) is 5.41. The monoisotopic (exact) mass is 111 g/mol. The van der Waals surface area contributed by atoms with Crippen molar-refractivity contribution in [2.24, 2.45) is 0 Å². The van der Waals surface area contributed by atoms with E-state index >= 15 is 0 Å². The molecule has 0 unspecified atom stereocenters. The van der Waals surface area contributed by atoms with Crippen LogP contribution >= 0.6 is 0 Å². The van der Waals surface area contributed by atoms with E-state index in [9.17, 15) is 0 Å². The van der Waals surface area contributed by atoms with Crippen molar-refractivity contribution in [3.8, 4) is 0 Å². The minimum absolute atomic E-state index is 1.17. The van der Waals surface area contributed by atoms with Gasteiger partial charge in [0.25, 0.3) is 0 Å². The second-order valence-electron chi connectivity index (χ2n) is 2.21. The Balaban J connectivity index is 2.37. The van der Waals surface area contributed by atoms with Crippen LogP contribution in [0.25, 0.3) is 0 Å². The third kappa shape index (κ3) is 1.25. The molecule has 1 rings (SSSR count). The Labute approximate surface area is 50.8 Å². The maximum atomic E-state index is 3.22. The van der Waals surface area contributed by atoms with E-state index in [0.717, 1.165) is 0 Å². The van der Waals surface area contributed by atoms with Gasteiger partial charge in [0.1, 0.15) is 0 Å². The van der Waals surface area contributed by atoms with Crippen LogP contribution in [0, 0.1) is 0 Å². The maximum absolute atomic E-state index is 3.22. The molecule has 1 heterocycles. The van der Waals surface area contributed by atoms with Gasteiger partial charge in [-0.3, -0.25) is 0 Å². The largest absolute Gasteiger partial charge is 0.391 e. The van der Waals surface area contributed by atoms with E-state index in [1.807, 2.05) is 0 Å². The second kappa shape index (κ2) is 2.75. The van der Waals surface area contributed by atoms with Crippen molar-refractivity contribution in [1.29, 1.82) is 0 Å². The summed E-state index contributed by atoms with van der Waals surface area (Å²) in [6.45, 7) is 3.38. The van der Waals surface area contributed by atoms with E-state index in [-0.39, 0.29) is 0 Å². The molecule has 1 aliphatic rings. The first-order chi connectivity index (χ1) is 3.93. The quantitative estimate of drug-likeness (QED) is 0.542. The fourth-order valence-corrected chi connectivity index (χ4v) is 0.985. The molecule has 0 fully saturated rings. The van der Waals surface area contributed by atoms with Gasteiger partial charge in [0, 0.05) is 6.54 Å². The standard InChI is InChI=1S/C7H13N/c1-2-7-4-3-5-8-6-7/h6,8H,2-5H2,1H3. The molecular weight excluding hydrogens is 98.1 g/mol. The predicted octanol–water partition coefficient (Wildman–Crippen LogP) is 1.66. The van der Waals surface area contributed by atoms with Crippen LogP contribution in [0.1, 0.15) is 26.2 Å². The molecule has 8 heavy (non-hydrogen) atoms. The van der Waals surface area contributed by atoms with Crippen LogP contribution in [0.5, 0.6) is 0 Å². The topological polar surface area (TPSA) is 12.0 Å². The molecule has 0 saturated carbocycles. The normalized spacial score (nSPS) is 19.4. The van der Waals surface area contributed by atoms with Crippen molar-refractivity contribution in [2.45, 2.75) is 26.2 Å². The molecule has 1 nitrogen and oxygen atoms in total. The molecule has 1 heteroatoms. The van der Waals surface area contributed by atoms with Crippen LogP contribution < -0.4 is 5.32 Å². The van der Waals surface area contributed by atoms with Crippen LogP contribution in [0.15, 0.2) is 11.8 Å². The van der Waals surface area contributed by atoms with Crippen LogP contribution in [0.4, 0.5) is 0 Å². The van der Waals surface area contributed by atoms with Crippen LogP contribution in [0.3, 0.4) is 0 Å². The predicted molar refractivity (Wildman–Crippen MR) is 35.6 cm³/mol. The minimum Gasteiger partial charge on any atom is -0.391 e. The molecule has 0 amide bonds. The van der Waals surface area contributed by atoms with Crippen LogP contribution in [0.2, 0.25) is 0 Å². The minimum atomic E-state index is 1.17. The lowest BCUT2D eigenvalue weighted by molar-refractivity contribution is 0.682. The summed E-state index contributed by atoms with van der Waals surface area (Å²) in [5.41, 5.74) is 1.57. The Morgan fingerprint density at radius 2 is 2.62 bits per heavy atom. The molecule has 0 aromatic heterocycles. The molecule has 0 atom stereocenters. The zero-order valence-electron chi connectivity index (χ0n) is 5.41. The lowest BCUT2D eigenvalue weighted by Crippen LogP contribution is -2.13. The summed E-state index contributed by atoms with van der Waals surface area (Å²) in [7, 11) is 0. The van der Waals surface area contributed by atoms with Gasteiger partial charge < -0.3 is 5.32 Å². The van der Waals surface area contributed by atoms with Gasteiger partial charge in [-0.15, -0.1) is 0 Å². The molecule has 0 radical (unpaired) electrons. The molecule has 1 N–H and O–H groups in total. The Kier molecular flexibility index (Phi) is 1.95. The SMILES string of the molecule is CCC1=CNCCC1. The van der Waals surface area contributed by atoms with E-state index in [1.165, 1.54) is 25.8 Å². The van der Waals surface area contributed by atoms with Crippen molar-refractivity contribution in [2.75, 3.05) is 6.54 Å². The van der Waals surface area contributed by atoms with Gasteiger partial charge in [-0.2, -0.15) is 0 Å². The lowest BCUT2D eigenvalue weighted by Gasteiger charge is -2.11. The maximum Gasteiger partial charge on any atom is 0.0144 e. The first kappa shape index (κ1) is 5.67. The highest BCUT2D eigenvalue weighted by molar-refractivity contribution is 5.02. The molecule has 0 aromatic carbocycles. The fourth-order valence-electron chi connectivity index (χ4n) is 0.985. The van der Waals surface area contributed by atoms with Gasteiger partial charge in [0.15, 0.2) is 0 Å². The first-order valence-electron chi connectivity index (χ1n) is 3.35. The molecule has 0 bridgehead atoms. The third-order valence-corrected chi connectivity index (χ3v) is 1.58. The summed E-state index contributed by atoms with van der Waals surface area (Å²) in [6.07, 6.45) is 6.00. The van der Waals surface area contributed by atoms with Crippen molar-refractivity contribution < 1.29 is 0 Å².